The molecule has 1 aliphatic rings. The second kappa shape index (κ2) is 9.32. The summed E-state index contributed by atoms with van der Waals surface area (Å²) in [6, 6.07) is 5.94. The third-order valence-corrected chi connectivity index (χ3v) is 7.46. The first-order valence-corrected chi connectivity index (χ1v) is 11.5. The van der Waals surface area contributed by atoms with E-state index in [0.717, 1.165) is 18.4 Å². The average molecular weight is 413 g/mol. The van der Waals surface area contributed by atoms with Gasteiger partial charge in [0.15, 0.2) is 5.11 Å². The van der Waals surface area contributed by atoms with Crippen LogP contribution in [-0.4, -0.2) is 48.0 Å². The van der Waals surface area contributed by atoms with Gasteiger partial charge in [0, 0.05) is 30.9 Å². The van der Waals surface area contributed by atoms with Crippen LogP contribution >= 0.6 is 12.2 Å². The number of anilines is 1. The smallest absolute Gasteiger partial charge is 0.243 e. The molecule has 0 unspecified atom stereocenters. The maximum Gasteiger partial charge on any atom is 0.243 e. The molecule has 0 bridgehead atoms. The summed E-state index contributed by atoms with van der Waals surface area (Å²) in [4.78, 5) is 0.279. The monoisotopic (exact) mass is 412 g/mol. The normalized spacial score (nSPS) is 21.3. The van der Waals surface area contributed by atoms with Gasteiger partial charge in [-0.05, 0) is 63.5 Å². The highest BCUT2D eigenvalue weighted by Gasteiger charge is 2.26. The Morgan fingerprint density at radius 2 is 1.81 bits per heavy atom. The van der Waals surface area contributed by atoms with Gasteiger partial charge in [-0.15, -0.1) is 0 Å². The third-order valence-electron chi connectivity index (χ3n) is 5.22. The molecule has 1 aliphatic heterocycles. The van der Waals surface area contributed by atoms with Gasteiger partial charge in [-0.2, -0.15) is 4.31 Å². The fraction of sp³-hybridized carbons (Fsp3) is 0.632. The highest BCUT2D eigenvalue weighted by atomic mass is 32.2. The van der Waals surface area contributed by atoms with Gasteiger partial charge in [0.1, 0.15) is 0 Å². The fourth-order valence-electron chi connectivity index (χ4n) is 3.52. The number of hydrogen-bond donors (Lipinski definition) is 2. The van der Waals surface area contributed by atoms with Crippen LogP contribution in [0.4, 0.5) is 5.69 Å². The van der Waals surface area contributed by atoms with Crippen LogP contribution in [0, 0.1) is 6.92 Å². The lowest BCUT2D eigenvalue weighted by atomic mass is 10.00. The van der Waals surface area contributed by atoms with Crippen molar-refractivity contribution in [3.8, 4) is 0 Å². The van der Waals surface area contributed by atoms with E-state index in [2.05, 4.69) is 29.6 Å². The van der Waals surface area contributed by atoms with Crippen LogP contribution < -0.4 is 10.7 Å². The first-order valence-electron chi connectivity index (χ1n) is 9.67. The van der Waals surface area contributed by atoms with Gasteiger partial charge in [0.2, 0.25) is 10.0 Å². The topological polar surface area (TPSA) is 64.7 Å². The summed E-state index contributed by atoms with van der Waals surface area (Å²) in [5, 5.41) is 5.85. The van der Waals surface area contributed by atoms with Crippen molar-refractivity contribution in [2.75, 3.05) is 18.4 Å². The number of piperidine rings is 1. The molecule has 1 aromatic rings. The van der Waals surface area contributed by atoms with Crippen LogP contribution in [0.25, 0.3) is 0 Å². The maximum absolute atomic E-state index is 12.8. The van der Waals surface area contributed by atoms with E-state index < -0.39 is 10.0 Å². The van der Waals surface area contributed by atoms with Gasteiger partial charge in [0.25, 0.3) is 0 Å². The average Bonchev–Trinajstić information content (AvgIpc) is 2.61. The van der Waals surface area contributed by atoms with Gasteiger partial charge in [-0.3, -0.25) is 5.43 Å². The molecule has 27 heavy (non-hydrogen) atoms. The zero-order valence-corrected chi connectivity index (χ0v) is 18.6. The van der Waals surface area contributed by atoms with E-state index in [1.807, 2.05) is 26.8 Å². The largest absolute Gasteiger partial charge is 0.331 e. The van der Waals surface area contributed by atoms with Crippen LogP contribution in [0.2, 0.25) is 0 Å². The van der Waals surface area contributed by atoms with Gasteiger partial charge in [0.05, 0.1) is 4.90 Å². The van der Waals surface area contributed by atoms with E-state index in [1.54, 1.807) is 12.1 Å². The first-order chi connectivity index (χ1) is 12.7. The molecule has 2 atom stereocenters. The summed E-state index contributed by atoms with van der Waals surface area (Å²) < 4.78 is 27.0. The summed E-state index contributed by atoms with van der Waals surface area (Å²) in [7, 11) is -3.50. The number of rotatable bonds is 6. The highest BCUT2D eigenvalue weighted by molar-refractivity contribution is 7.89. The van der Waals surface area contributed by atoms with Crippen LogP contribution in [0.1, 0.15) is 52.5 Å². The Kier molecular flexibility index (Phi) is 7.62. The van der Waals surface area contributed by atoms with Crippen LogP contribution in [0.5, 0.6) is 0 Å². The Morgan fingerprint density at radius 1 is 1.22 bits per heavy atom. The van der Waals surface area contributed by atoms with Crippen molar-refractivity contribution in [2.24, 2.45) is 0 Å². The quantitative estimate of drug-likeness (QED) is 0.698. The second-order valence-electron chi connectivity index (χ2n) is 7.17. The number of benzene rings is 1. The number of aryl methyl sites for hydroxylation is 1. The molecule has 1 aromatic carbocycles. The zero-order valence-electron chi connectivity index (χ0n) is 16.9. The highest BCUT2D eigenvalue weighted by Crippen LogP contribution is 2.24. The Hall–Kier alpha value is -1.22. The lowest BCUT2D eigenvalue weighted by Gasteiger charge is -2.39. The molecule has 0 aliphatic carbocycles. The van der Waals surface area contributed by atoms with Crippen molar-refractivity contribution in [3.63, 3.8) is 0 Å². The molecule has 8 heteroatoms. The van der Waals surface area contributed by atoms with Crippen LogP contribution in [-0.2, 0) is 10.0 Å². The molecular formula is C19H32N4O2S2. The predicted molar refractivity (Wildman–Crippen MR) is 115 cm³/mol. The summed E-state index contributed by atoms with van der Waals surface area (Å²) in [5.74, 6) is 0. The summed E-state index contributed by atoms with van der Waals surface area (Å²) in [5.41, 5.74) is 4.94. The summed E-state index contributed by atoms with van der Waals surface area (Å²) >= 11 is 5.49. The molecule has 1 heterocycles. The Balaban J connectivity index is 2.18. The van der Waals surface area contributed by atoms with E-state index in [9.17, 15) is 8.42 Å². The molecule has 0 saturated carbocycles. The van der Waals surface area contributed by atoms with Gasteiger partial charge < -0.3 is 5.32 Å². The van der Waals surface area contributed by atoms with Crippen LogP contribution in [0.15, 0.2) is 23.1 Å². The standard InChI is InChI=1S/C19H32N4O2S2/c1-6-22(7-2)27(24,25)17-12-11-14(3)18(13-17)20-19(26)21-23-15(4)9-8-10-16(23)5/h11-13,15-16H,6-10H2,1-5H3,(H2,20,21,26)/t15-,16-/m1/s1. The molecule has 0 spiro atoms. The minimum atomic E-state index is -3.50. The molecule has 152 valence electrons. The van der Waals surface area contributed by atoms with E-state index in [4.69, 9.17) is 12.2 Å². The van der Waals surface area contributed by atoms with Gasteiger partial charge in [-0.1, -0.05) is 26.3 Å². The van der Waals surface area contributed by atoms with Crippen molar-refractivity contribution in [2.45, 2.75) is 70.9 Å². The molecule has 1 fully saturated rings. The number of hydrazine groups is 1. The third kappa shape index (κ3) is 5.19. The molecule has 2 rings (SSSR count). The van der Waals surface area contributed by atoms with Crippen molar-refractivity contribution in [3.05, 3.63) is 23.8 Å². The lowest BCUT2D eigenvalue weighted by Crippen LogP contribution is -2.55. The van der Waals surface area contributed by atoms with Crippen molar-refractivity contribution >= 4 is 33.0 Å². The predicted octanol–water partition coefficient (Wildman–Crippen LogP) is 3.49. The lowest BCUT2D eigenvalue weighted by molar-refractivity contribution is 0.0750. The van der Waals surface area contributed by atoms with E-state index in [0.29, 0.717) is 36.0 Å². The summed E-state index contributed by atoms with van der Waals surface area (Å²) in [6.45, 7) is 10.9. The van der Waals surface area contributed by atoms with E-state index in [-0.39, 0.29) is 4.90 Å². The van der Waals surface area contributed by atoms with E-state index >= 15 is 0 Å². The van der Waals surface area contributed by atoms with E-state index in [1.165, 1.54) is 10.7 Å². The SMILES string of the molecule is CCN(CC)S(=O)(=O)c1ccc(C)c(NC(=S)NN2[C@H](C)CCC[C@H]2C)c1. The van der Waals surface area contributed by atoms with Crippen LogP contribution in [0.3, 0.4) is 0 Å². The molecule has 0 radical (unpaired) electrons. The van der Waals surface area contributed by atoms with Gasteiger partial charge in [-0.25, -0.2) is 13.4 Å². The second-order valence-corrected chi connectivity index (χ2v) is 9.51. The Labute approximate surface area is 169 Å². The molecule has 6 nitrogen and oxygen atoms in total. The number of nitrogens with one attached hydrogen (secondary N) is 2. The van der Waals surface area contributed by atoms with Crippen molar-refractivity contribution < 1.29 is 8.42 Å². The zero-order chi connectivity index (χ0) is 20.2. The fourth-order valence-corrected chi connectivity index (χ4v) is 5.22. The minimum absolute atomic E-state index is 0.279. The van der Waals surface area contributed by atoms with Gasteiger partial charge >= 0.3 is 0 Å². The molecule has 1 saturated heterocycles. The number of nitrogens with zero attached hydrogens (tertiary/aromatic N) is 2. The van der Waals surface area contributed by atoms with Crippen molar-refractivity contribution in [1.82, 2.24) is 14.7 Å². The van der Waals surface area contributed by atoms with Crippen molar-refractivity contribution in [1.29, 1.82) is 0 Å². The number of thiocarbonyl (C=S) groups is 1. The molecule has 0 aromatic heterocycles. The summed E-state index contributed by atoms with van der Waals surface area (Å²) in [6.07, 6.45) is 3.50. The molecule has 2 N–H and O–H groups in total. The first kappa shape index (κ1) is 22.1. The molecular weight excluding hydrogens is 380 g/mol. The number of sulfonamides is 1. The number of hydrogen-bond acceptors (Lipinski definition) is 4. The molecule has 0 amide bonds. The minimum Gasteiger partial charge on any atom is -0.331 e. The Morgan fingerprint density at radius 3 is 2.37 bits per heavy atom. The Bertz CT molecular complexity index is 753. The maximum atomic E-state index is 12.8.